The topological polar surface area (TPSA) is 143 Å². The van der Waals surface area contributed by atoms with Gasteiger partial charge in [0.1, 0.15) is 17.2 Å². The number of carbonyl (C=O) groups excluding carboxylic acids is 3. The van der Waals surface area contributed by atoms with Crippen LogP contribution < -0.4 is 20.7 Å². The lowest BCUT2D eigenvalue weighted by molar-refractivity contribution is -0.133. The first-order chi connectivity index (χ1) is 20.2. The Morgan fingerprint density at radius 1 is 0.791 bits per heavy atom. The Morgan fingerprint density at radius 3 is 1.88 bits per heavy atom. The van der Waals surface area contributed by atoms with Crippen molar-refractivity contribution in [3.05, 3.63) is 71.8 Å². The van der Waals surface area contributed by atoms with E-state index in [9.17, 15) is 22.8 Å². The lowest BCUT2D eigenvalue weighted by atomic mass is 9.90. The molecule has 0 bridgehead atoms. The van der Waals surface area contributed by atoms with Gasteiger partial charge in [-0.2, -0.15) is 0 Å². The van der Waals surface area contributed by atoms with E-state index in [2.05, 4.69) is 20.7 Å². The number of ether oxygens (including phenoxy) is 1. The maximum absolute atomic E-state index is 13.7. The van der Waals surface area contributed by atoms with E-state index < -0.39 is 39.2 Å². The van der Waals surface area contributed by atoms with Crippen molar-refractivity contribution in [2.45, 2.75) is 89.8 Å². The van der Waals surface area contributed by atoms with Crippen LogP contribution in [0, 0.1) is 0 Å². The van der Waals surface area contributed by atoms with E-state index in [1.165, 1.54) is 0 Å². The van der Waals surface area contributed by atoms with Gasteiger partial charge >= 0.3 is 6.09 Å². The molecular weight excluding hydrogens is 568 g/mol. The third kappa shape index (κ3) is 15.0. The van der Waals surface area contributed by atoms with Crippen LogP contribution in [0.3, 0.4) is 0 Å². The zero-order chi connectivity index (χ0) is 31.9. The maximum Gasteiger partial charge on any atom is 0.408 e. The van der Waals surface area contributed by atoms with Crippen molar-refractivity contribution < 1.29 is 27.5 Å². The van der Waals surface area contributed by atoms with Gasteiger partial charge in [0.25, 0.3) is 0 Å². The highest BCUT2D eigenvalue weighted by atomic mass is 32.2. The Kier molecular flexibility index (Phi) is 14.1. The van der Waals surface area contributed by atoms with Gasteiger partial charge < -0.3 is 20.7 Å². The Hall–Kier alpha value is -3.44. The Bertz CT molecular complexity index is 1270. The summed E-state index contributed by atoms with van der Waals surface area (Å²) in [5.74, 6) is -0.816. The van der Waals surface area contributed by atoms with Crippen LogP contribution in [0.4, 0.5) is 4.79 Å². The SMILES string of the molecule is CC(C)(C)OC(=O)N[C@@H](Cc1ccccc1)C(=O)N[C@](C)(Cc1ccccc1)C(=O)NCCCCCCCNS(C)(=O)=O. The molecule has 11 heteroatoms. The Labute approximate surface area is 256 Å². The van der Waals surface area contributed by atoms with Crippen LogP contribution in [-0.4, -0.2) is 62.9 Å². The summed E-state index contributed by atoms with van der Waals surface area (Å²) in [6.45, 7) is 7.78. The van der Waals surface area contributed by atoms with Crippen molar-refractivity contribution >= 4 is 27.9 Å². The first-order valence-corrected chi connectivity index (χ1v) is 16.7. The Balaban J connectivity index is 2.08. The quantitative estimate of drug-likeness (QED) is 0.199. The van der Waals surface area contributed by atoms with E-state index in [4.69, 9.17) is 4.74 Å². The fourth-order valence-electron chi connectivity index (χ4n) is 4.49. The summed E-state index contributed by atoms with van der Waals surface area (Å²) in [6, 6.07) is 17.8. The highest BCUT2D eigenvalue weighted by Gasteiger charge is 2.37. The number of hydrogen-bond acceptors (Lipinski definition) is 6. The van der Waals surface area contributed by atoms with Gasteiger partial charge in [0, 0.05) is 25.9 Å². The number of alkyl carbamates (subject to hydrolysis) is 1. The lowest BCUT2D eigenvalue weighted by Gasteiger charge is -2.32. The standard InChI is InChI=1S/C32H48N4O6S/c1-31(2,3)42-30(39)35-27(23-25-17-11-9-12-18-25)28(37)36-32(4,24-26-19-13-10-14-20-26)29(38)33-21-15-7-6-8-16-22-34-43(5,40)41/h9-14,17-20,27,34H,6-8,15-16,21-24H2,1-5H3,(H,33,38)(H,35,39)(H,36,37)/t27-,32+/m0/s1. The molecule has 3 amide bonds. The maximum atomic E-state index is 13.7. The predicted octanol–water partition coefficient (Wildman–Crippen LogP) is 3.86. The van der Waals surface area contributed by atoms with E-state index >= 15 is 0 Å². The molecule has 0 aliphatic heterocycles. The molecule has 0 aliphatic rings. The number of unbranched alkanes of at least 4 members (excludes halogenated alkanes) is 4. The number of sulfonamides is 1. The summed E-state index contributed by atoms with van der Waals surface area (Å²) in [5, 5.41) is 8.61. The molecule has 0 saturated carbocycles. The van der Waals surface area contributed by atoms with Crippen LogP contribution in [0.5, 0.6) is 0 Å². The van der Waals surface area contributed by atoms with Crippen LogP contribution in [0.25, 0.3) is 0 Å². The smallest absolute Gasteiger partial charge is 0.408 e. The second-order valence-electron chi connectivity index (χ2n) is 12.1. The van der Waals surface area contributed by atoms with Gasteiger partial charge in [-0.25, -0.2) is 17.9 Å². The van der Waals surface area contributed by atoms with E-state index in [-0.39, 0.29) is 18.7 Å². The molecule has 238 valence electrons. The number of amides is 3. The largest absolute Gasteiger partial charge is 0.444 e. The molecule has 2 aromatic rings. The molecule has 0 radical (unpaired) electrons. The zero-order valence-corrected chi connectivity index (χ0v) is 26.9. The van der Waals surface area contributed by atoms with Gasteiger partial charge in [0.15, 0.2) is 0 Å². The molecule has 2 aromatic carbocycles. The van der Waals surface area contributed by atoms with Gasteiger partial charge in [-0.05, 0) is 51.7 Å². The first kappa shape index (κ1) is 35.8. The van der Waals surface area contributed by atoms with E-state index in [1.807, 2.05) is 60.7 Å². The monoisotopic (exact) mass is 616 g/mol. The second-order valence-corrected chi connectivity index (χ2v) is 13.9. The lowest BCUT2D eigenvalue weighted by Crippen LogP contribution is -2.62. The number of nitrogens with one attached hydrogen (secondary N) is 4. The highest BCUT2D eigenvalue weighted by Crippen LogP contribution is 2.16. The number of rotatable bonds is 17. The average Bonchev–Trinajstić information content (AvgIpc) is 2.91. The van der Waals surface area contributed by atoms with Gasteiger partial charge in [0.05, 0.1) is 6.26 Å². The molecule has 0 saturated heterocycles. The second kappa shape index (κ2) is 17.0. The molecule has 43 heavy (non-hydrogen) atoms. The van der Waals surface area contributed by atoms with Gasteiger partial charge in [-0.3, -0.25) is 9.59 Å². The minimum Gasteiger partial charge on any atom is -0.444 e. The van der Waals surface area contributed by atoms with Crippen LogP contribution in [-0.2, 0) is 37.2 Å². The summed E-state index contributed by atoms with van der Waals surface area (Å²) < 4.78 is 30.2. The van der Waals surface area contributed by atoms with Crippen molar-refractivity contribution in [3.63, 3.8) is 0 Å². The molecule has 0 unspecified atom stereocenters. The van der Waals surface area contributed by atoms with Crippen LogP contribution in [0.1, 0.15) is 70.9 Å². The molecule has 0 fully saturated rings. The number of benzene rings is 2. The van der Waals surface area contributed by atoms with Crippen molar-refractivity contribution in [1.82, 2.24) is 20.7 Å². The van der Waals surface area contributed by atoms with E-state index in [1.54, 1.807) is 27.7 Å². The van der Waals surface area contributed by atoms with Crippen molar-refractivity contribution in [2.24, 2.45) is 0 Å². The van der Waals surface area contributed by atoms with E-state index in [0.717, 1.165) is 49.5 Å². The predicted molar refractivity (Wildman–Crippen MR) is 169 cm³/mol. The summed E-state index contributed by atoms with van der Waals surface area (Å²) in [7, 11) is -3.17. The minimum atomic E-state index is -3.17. The molecule has 0 aliphatic carbocycles. The molecule has 10 nitrogen and oxygen atoms in total. The minimum absolute atomic E-state index is 0.217. The average molecular weight is 617 g/mol. The van der Waals surface area contributed by atoms with Gasteiger partial charge in [-0.15, -0.1) is 0 Å². The zero-order valence-electron chi connectivity index (χ0n) is 26.1. The van der Waals surface area contributed by atoms with Crippen LogP contribution >= 0.6 is 0 Å². The molecular formula is C32H48N4O6S. The fourth-order valence-corrected chi connectivity index (χ4v) is 5.00. The molecule has 0 aromatic heterocycles. The van der Waals surface area contributed by atoms with Crippen molar-refractivity contribution in [1.29, 1.82) is 0 Å². The summed E-state index contributed by atoms with van der Waals surface area (Å²) in [5.41, 5.74) is -0.310. The third-order valence-corrected chi connectivity index (χ3v) is 7.32. The normalized spacial score (nSPS) is 13.8. The molecule has 0 spiro atoms. The van der Waals surface area contributed by atoms with Crippen molar-refractivity contribution in [2.75, 3.05) is 19.3 Å². The summed E-state index contributed by atoms with van der Waals surface area (Å²) in [4.78, 5) is 39.9. The van der Waals surface area contributed by atoms with Crippen LogP contribution in [0.2, 0.25) is 0 Å². The summed E-state index contributed by atoms with van der Waals surface area (Å²) in [6.07, 6.45) is 5.06. The molecule has 0 heterocycles. The third-order valence-electron chi connectivity index (χ3n) is 6.59. The van der Waals surface area contributed by atoms with Gasteiger partial charge in [0.2, 0.25) is 21.8 Å². The Morgan fingerprint density at radius 2 is 1.33 bits per heavy atom. The van der Waals surface area contributed by atoms with Gasteiger partial charge in [-0.1, -0.05) is 79.9 Å². The molecule has 2 atom stereocenters. The van der Waals surface area contributed by atoms with Crippen LogP contribution in [0.15, 0.2) is 60.7 Å². The fraction of sp³-hybridized carbons (Fsp3) is 0.531. The highest BCUT2D eigenvalue weighted by molar-refractivity contribution is 7.88. The first-order valence-electron chi connectivity index (χ1n) is 14.8. The number of hydrogen-bond donors (Lipinski definition) is 4. The number of carbonyl (C=O) groups is 3. The molecule has 2 rings (SSSR count). The van der Waals surface area contributed by atoms with E-state index in [0.29, 0.717) is 13.1 Å². The summed E-state index contributed by atoms with van der Waals surface area (Å²) >= 11 is 0. The molecule has 4 N–H and O–H groups in total. The van der Waals surface area contributed by atoms with Crippen molar-refractivity contribution in [3.8, 4) is 0 Å².